The number of hydrogen-bond acceptors (Lipinski definition) is 3. The Morgan fingerprint density at radius 1 is 1.32 bits per heavy atom. The van der Waals surface area contributed by atoms with Gasteiger partial charge in [-0.2, -0.15) is 5.10 Å². The van der Waals surface area contributed by atoms with Crippen LogP contribution < -0.4 is 0 Å². The summed E-state index contributed by atoms with van der Waals surface area (Å²) in [7, 11) is 0. The zero-order valence-corrected chi connectivity index (χ0v) is 14.7. The predicted molar refractivity (Wildman–Crippen MR) is 96.3 cm³/mol. The van der Waals surface area contributed by atoms with Crippen molar-refractivity contribution in [3.63, 3.8) is 0 Å². The molecular weight excluding hydrogens is 314 g/mol. The molecule has 130 valence electrons. The molecule has 1 atom stereocenters. The van der Waals surface area contributed by atoms with Crippen LogP contribution in [0, 0.1) is 13.8 Å². The summed E-state index contributed by atoms with van der Waals surface area (Å²) in [5.74, 6) is 1.08. The lowest BCUT2D eigenvalue weighted by Crippen LogP contribution is -2.29. The second-order valence-corrected chi connectivity index (χ2v) is 6.85. The van der Waals surface area contributed by atoms with E-state index in [1.165, 1.54) is 5.69 Å². The first-order valence-electron chi connectivity index (χ1n) is 8.84. The summed E-state index contributed by atoms with van der Waals surface area (Å²) < 4.78 is 2.07. The number of nitrogens with zero attached hydrogens (tertiary/aromatic N) is 4. The van der Waals surface area contributed by atoms with E-state index in [9.17, 15) is 4.79 Å². The van der Waals surface area contributed by atoms with Crippen LogP contribution in [-0.4, -0.2) is 43.6 Å². The Bertz CT molecular complexity index is 877. The van der Waals surface area contributed by atoms with Crippen molar-refractivity contribution in [2.75, 3.05) is 13.1 Å². The smallest absolute Gasteiger partial charge is 0.223 e. The van der Waals surface area contributed by atoms with Crippen LogP contribution in [0.5, 0.6) is 0 Å². The third-order valence-corrected chi connectivity index (χ3v) is 4.92. The number of H-pyrrole nitrogens is 1. The maximum atomic E-state index is 12.6. The van der Waals surface area contributed by atoms with E-state index in [2.05, 4.69) is 32.7 Å². The van der Waals surface area contributed by atoms with Crippen molar-refractivity contribution >= 4 is 16.9 Å². The number of rotatable bonds is 4. The van der Waals surface area contributed by atoms with Crippen LogP contribution in [0.25, 0.3) is 11.0 Å². The van der Waals surface area contributed by atoms with Gasteiger partial charge in [-0.1, -0.05) is 12.1 Å². The number of para-hydroxylation sites is 2. The number of benzene rings is 1. The number of amides is 1. The number of nitrogens with one attached hydrogen (secondary N) is 1. The van der Waals surface area contributed by atoms with Gasteiger partial charge < -0.3 is 9.88 Å². The lowest BCUT2D eigenvalue weighted by molar-refractivity contribution is -0.130. The van der Waals surface area contributed by atoms with E-state index in [1.54, 1.807) is 0 Å². The highest BCUT2D eigenvalue weighted by molar-refractivity contribution is 5.77. The molecule has 1 amide bonds. The molecule has 1 N–H and O–H groups in total. The topological polar surface area (TPSA) is 66.8 Å². The Morgan fingerprint density at radius 3 is 2.92 bits per heavy atom. The lowest BCUT2D eigenvalue weighted by Gasteiger charge is -2.17. The highest BCUT2D eigenvalue weighted by atomic mass is 16.2. The third-order valence-electron chi connectivity index (χ3n) is 4.92. The van der Waals surface area contributed by atoms with Crippen LogP contribution in [0.1, 0.15) is 36.1 Å². The minimum absolute atomic E-state index is 0.199. The quantitative estimate of drug-likeness (QED) is 0.796. The van der Waals surface area contributed by atoms with Gasteiger partial charge in [-0.3, -0.25) is 9.48 Å². The third kappa shape index (κ3) is 3.16. The number of carbonyl (C=O) groups excluding carboxylic acids is 1. The summed E-state index contributed by atoms with van der Waals surface area (Å²) >= 11 is 0. The molecule has 6 heteroatoms. The van der Waals surface area contributed by atoms with E-state index in [1.807, 2.05) is 36.1 Å². The molecule has 4 rings (SSSR count). The van der Waals surface area contributed by atoms with Crippen LogP contribution in [0.15, 0.2) is 30.3 Å². The summed E-state index contributed by atoms with van der Waals surface area (Å²) in [5, 5.41) is 4.57. The van der Waals surface area contributed by atoms with Gasteiger partial charge in [0.25, 0.3) is 0 Å². The fraction of sp³-hybridized carbons (Fsp3) is 0.421. The number of fused-ring (bicyclic) bond motifs is 1. The first-order valence-corrected chi connectivity index (χ1v) is 8.84. The van der Waals surface area contributed by atoms with Crippen LogP contribution in [0.3, 0.4) is 0 Å². The van der Waals surface area contributed by atoms with Crippen LogP contribution in [-0.2, 0) is 11.2 Å². The number of aromatic amines is 1. The molecule has 2 aromatic heterocycles. The molecule has 6 nitrogen and oxygen atoms in total. The van der Waals surface area contributed by atoms with Crippen molar-refractivity contribution in [1.29, 1.82) is 0 Å². The van der Waals surface area contributed by atoms with Crippen molar-refractivity contribution in [3.05, 3.63) is 47.5 Å². The van der Waals surface area contributed by atoms with Crippen molar-refractivity contribution in [1.82, 2.24) is 24.6 Å². The Kier molecular flexibility index (Phi) is 4.03. The highest BCUT2D eigenvalue weighted by Gasteiger charge is 2.28. The molecule has 0 spiro atoms. The van der Waals surface area contributed by atoms with Gasteiger partial charge in [-0.25, -0.2) is 4.98 Å². The molecule has 0 bridgehead atoms. The maximum Gasteiger partial charge on any atom is 0.223 e. The van der Waals surface area contributed by atoms with Gasteiger partial charge in [0.05, 0.1) is 22.8 Å². The van der Waals surface area contributed by atoms with Gasteiger partial charge in [0, 0.05) is 31.6 Å². The minimum Gasteiger partial charge on any atom is -0.342 e. The highest BCUT2D eigenvalue weighted by Crippen LogP contribution is 2.24. The van der Waals surface area contributed by atoms with Crippen LogP contribution >= 0.6 is 0 Å². The standard InChI is InChI=1S/C19H23N5O/c1-13-11-14(2)24(22-13)15-9-10-23(12-15)19(25)8-7-18-20-16-5-3-4-6-17(16)21-18/h3-6,11,15H,7-10,12H2,1-2H3,(H,20,21)/t15-/m1/s1. The summed E-state index contributed by atoms with van der Waals surface area (Å²) in [5.41, 5.74) is 4.18. The van der Waals surface area contributed by atoms with E-state index in [0.717, 1.165) is 42.1 Å². The molecule has 0 aliphatic carbocycles. The molecule has 3 heterocycles. The molecular formula is C19H23N5O. The molecule has 1 aliphatic rings. The second-order valence-electron chi connectivity index (χ2n) is 6.85. The van der Waals surface area contributed by atoms with Gasteiger partial charge in [0.2, 0.25) is 5.91 Å². The normalized spacial score (nSPS) is 17.5. The van der Waals surface area contributed by atoms with Crippen LogP contribution in [0.4, 0.5) is 0 Å². The minimum atomic E-state index is 0.199. The van der Waals surface area contributed by atoms with Gasteiger partial charge in [0.1, 0.15) is 5.82 Å². The molecule has 25 heavy (non-hydrogen) atoms. The molecule has 1 aliphatic heterocycles. The number of carbonyl (C=O) groups is 1. The second kappa shape index (κ2) is 6.35. The zero-order valence-electron chi connectivity index (χ0n) is 14.7. The number of likely N-dealkylation sites (tertiary alicyclic amines) is 1. The summed E-state index contributed by atoms with van der Waals surface area (Å²) in [6, 6.07) is 10.3. The fourth-order valence-corrected chi connectivity index (χ4v) is 3.69. The first-order chi connectivity index (χ1) is 12.1. The van der Waals surface area contributed by atoms with E-state index >= 15 is 0 Å². The molecule has 1 fully saturated rings. The van der Waals surface area contributed by atoms with Gasteiger partial charge in [0.15, 0.2) is 0 Å². The van der Waals surface area contributed by atoms with Gasteiger partial charge in [-0.05, 0) is 38.5 Å². The first kappa shape index (κ1) is 15.9. The Hall–Kier alpha value is -2.63. The lowest BCUT2D eigenvalue weighted by atomic mass is 10.2. The summed E-state index contributed by atoms with van der Waals surface area (Å²) in [6.07, 6.45) is 2.11. The molecule has 0 radical (unpaired) electrons. The van der Waals surface area contributed by atoms with E-state index < -0.39 is 0 Å². The largest absolute Gasteiger partial charge is 0.342 e. The summed E-state index contributed by atoms with van der Waals surface area (Å²) in [4.78, 5) is 22.4. The van der Waals surface area contributed by atoms with E-state index in [-0.39, 0.29) is 5.91 Å². The molecule has 3 aromatic rings. The average Bonchev–Trinajstić information content (AvgIpc) is 3.30. The SMILES string of the molecule is Cc1cc(C)n([C@@H]2CCN(C(=O)CCc3nc4ccccc4[nH]3)C2)n1. The van der Waals surface area contributed by atoms with E-state index in [0.29, 0.717) is 18.9 Å². The molecule has 0 saturated carbocycles. The Balaban J connectivity index is 1.36. The van der Waals surface area contributed by atoms with Crippen molar-refractivity contribution in [2.24, 2.45) is 0 Å². The fourth-order valence-electron chi connectivity index (χ4n) is 3.69. The molecule has 1 aromatic carbocycles. The van der Waals surface area contributed by atoms with E-state index in [4.69, 9.17) is 0 Å². The maximum absolute atomic E-state index is 12.6. The number of aryl methyl sites for hydroxylation is 3. The summed E-state index contributed by atoms with van der Waals surface area (Å²) in [6.45, 7) is 5.64. The molecule has 0 unspecified atom stereocenters. The van der Waals surface area contributed by atoms with Gasteiger partial charge >= 0.3 is 0 Å². The van der Waals surface area contributed by atoms with Crippen molar-refractivity contribution < 1.29 is 4.79 Å². The van der Waals surface area contributed by atoms with Crippen molar-refractivity contribution in [2.45, 2.75) is 39.2 Å². The number of aromatic nitrogens is 4. The van der Waals surface area contributed by atoms with Gasteiger partial charge in [-0.15, -0.1) is 0 Å². The zero-order chi connectivity index (χ0) is 17.4. The monoisotopic (exact) mass is 337 g/mol. The molecule has 1 saturated heterocycles. The van der Waals surface area contributed by atoms with Crippen LogP contribution in [0.2, 0.25) is 0 Å². The number of imidazole rings is 1. The number of hydrogen-bond donors (Lipinski definition) is 1. The average molecular weight is 337 g/mol. The Morgan fingerprint density at radius 2 is 2.16 bits per heavy atom. The Labute approximate surface area is 146 Å². The van der Waals surface area contributed by atoms with Crippen molar-refractivity contribution in [3.8, 4) is 0 Å². The predicted octanol–water partition coefficient (Wildman–Crippen LogP) is 2.78.